The molecule has 1 aliphatic heterocycles. The van der Waals surface area contributed by atoms with E-state index in [1.807, 2.05) is 18.7 Å². The fraction of sp³-hybridized carbons (Fsp3) is 0.533. The Morgan fingerprint density at radius 3 is 2.86 bits per heavy atom. The number of benzene rings is 1. The van der Waals surface area contributed by atoms with E-state index in [1.54, 1.807) is 0 Å². The Hall–Kier alpha value is -1.85. The second-order valence-corrected chi connectivity index (χ2v) is 5.02. The molecule has 1 atom stereocenters. The van der Waals surface area contributed by atoms with Crippen LogP contribution in [0.2, 0.25) is 0 Å². The van der Waals surface area contributed by atoms with Gasteiger partial charge in [-0.1, -0.05) is 0 Å². The standard InChI is InChI=1S/C15H22F2N4/c1-3-18-15(19-4-2)20-12-7-8-21(10-12)14-6-5-11(16)9-13(14)17/h5-6,9,12H,3-4,7-8,10H2,1-2H3,(H2,18,19,20). The van der Waals surface area contributed by atoms with Gasteiger partial charge in [0.15, 0.2) is 5.96 Å². The minimum atomic E-state index is -0.547. The van der Waals surface area contributed by atoms with Crippen molar-refractivity contribution in [3.05, 3.63) is 29.8 Å². The summed E-state index contributed by atoms with van der Waals surface area (Å²) in [6, 6.07) is 3.93. The van der Waals surface area contributed by atoms with Crippen LogP contribution in [0.3, 0.4) is 0 Å². The first kappa shape index (κ1) is 15.5. The molecule has 0 aliphatic carbocycles. The van der Waals surface area contributed by atoms with Gasteiger partial charge in [-0.05, 0) is 32.4 Å². The maximum Gasteiger partial charge on any atom is 0.191 e. The van der Waals surface area contributed by atoms with E-state index in [4.69, 9.17) is 0 Å². The molecule has 1 fully saturated rings. The van der Waals surface area contributed by atoms with E-state index in [9.17, 15) is 8.78 Å². The number of rotatable bonds is 4. The second kappa shape index (κ2) is 7.24. The predicted octanol–water partition coefficient (Wildman–Crippen LogP) is 2.12. The van der Waals surface area contributed by atoms with Gasteiger partial charge in [0.25, 0.3) is 0 Å². The van der Waals surface area contributed by atoms with Crippen molar-refractivity contribution in [2.24, 2.45) is 4.99 Å². The third kappa shape index (κ3) is 4.06. The van der Waals surface area contributed by atoms with Crippen molar-refractivity contribution in [3.8, 4) is 0 Å². The van der Waals surface area contributed by atoms with E-state index < -0.39 is 11.6 Å². The lowest BCUT2D eigenvalue weighted by Gasteiger charge is -2.20. The van der Waals surface area contributed by atoms with Gasteiger partial charge in [0.1, 0.15) is 11.6 Å². The van der Waals surface area contributed by atoms with Crippen LogP contribution in [0.4, 0.5) is 14.5 Å². The van der Waals surface area contributed by atoms with Crippen LogP contribution in [0, 0.1) is 11.6 Å². The number of nitrogens with zero attached hydrogens (tertiary/aromatic N) is 2. The van der Waals surface area contributed by atoms with Gasteiger partial charge >= 0.3 is 0 Å². The van der Waals surface area contributed by atoms with Crippen LogP contribution in [-0.4, -0.2) is 38.2 Å². The third-order valence-electron chi connectivity index (χ3n) is 3.44. The average molecular weight is 296 g/mol. The summed E-state index contributed by atoms with van der Waals surface area (Å²) in [5.74, 6) is -0.272. The van der Waals surface area contributed by atoms with E-state index in [0.717, 1.165) is 31.5 Å². The number of hydrogen-bond acceptors (Lipinski definition) is 2. The van der Waals surface area contributed by atoms with E-state index in [0.29, 0.717) is 18.8 Å². The molecule has 1 aromatic carbocycles. The molecule has 1 saturated heterocycles. The summed E-state index contributed by atoms with van der Waals surface area (Å²) >= 11 is 0. The molecule has 4 nitrogen and oxygen atoms in total. The van der Waals surface area contributed by atoms with Gasteiger partial charge in [-0.25, -0.2) is 8.78 Å². The Labute approximate surface area is 124 Å². The number of anilines is 1. The zero-order valence-corrected chi connectivity index (χ0v) is 12.5. The van der Waals surface area contributed by atoms with Crippen molar-refractivity contribution in [2.75, 3.05) is 31.1 Å². The van der Waals surface area contributed by atoms with Gasteiger partial charge in [-0.3, -0.25) is 4.99 Å². The van der Waals surface area contributed by atoms with E-state index in [2.05, 4.69) is 15.6 Å². The van der Waals surface area contributed by atoms with Crippen molar-refractivity contribution >= 4 is 11.6 Å². The van der Waals surface area contributed by atoms with Crippen LogP contribution < -0.4 is 15.5 Å². The molecule has 1 aliphatic rings. The Bertz CT molecular complexity index is 504. The first-order chi connectivity index (χ1) is 10.1. The summed E-state index contributed by atoms with van der Waals surface area (Å²) < 4.78 is 26.8. The molecule has 0 saturated carbocycles. The van der Waals surface area contributed by atoms with Crippen molar-refractivity contribution in [1.29, 1.82) is 0 Å². The first-order valence-corrected chi connectivity index (χ1v) is 7.38. The van der Waals surface area contributed by atoms with E-state index in [-0.39, 0.29) is 6.04 Å². The normalized spacial score (nSPS) is 19.0. The summed E-state index contributed by atoms with van der Waals surface area (Å²) in [4.78, 5) is 6.29. The van der Waals surface area contributed by atoms with Crippen molar-refractivity contribution in [2.45, 2.75) is 26.3 Å². The Morgan fingerprint density at radius 2 is 2.19 bits per heavy atom. The summed E-state index contributed by atoms with van der Waals surface area (Å²) in [5, 5.41) is 6.53. The highest BCUT2D eigenvalue weighted by molar-refractivity contribution is 5.80. The van der Waals surface area contributed by atoms with Gasteiger partial charge in [-0.2, -0.15) is 0 Å². The molecule has 2 N–H and O–H groups in total. The summed E-state index contributed by atoms with van der Waals surface area (Å²) in [7, 11) is 0. The molecule has 1 unspecified atom stereocenters. The van der Waals surface area contributed by atoms with E-state index in [1.165, 1.54) is 12.1 Å². The minimum Gasteiger partial charge on any atom is -0.367 e. The molecule has 0 bridgehead atoms. The predicted molar refractivity (Wildman–Crippen MR) is 81.8 cm³/mol. The van der Waals surface area contributed by atoms with Crippen molar-refractivity contribution in [1.82, 2.24) is 10.6 Å². The molecule has 0 amide bonds. The highest BCUT2D eigenvalue weighted by Gasteiger charge is 2.25. The molecule has 2 rings (SSSR count). The third-order valence-corrected chi connectivity index (χ3v) is 3.44. The van der Waals surface area contributed by atoms with Crippen LogP contribution in [0.25, 0.3) is 0 Å². The molecule has 0 radical (unpaired) electrons. The number of aliphatic imine (C=N–C) groups is 1. The molecule has 116 valence electrons. The Kier molecular flexibility index (Phi) is 5.36. The molecule has 1 aromatic rings. The number of nitrogens with one attached hydrogen (secondary N) is 2. The Morgan fingerprint density at radius 1 is 1.38 bits per heavy atom. The fourth-order valence-corrected chi connectivity index (χ4v) is 2.51. The smallest absolute Gasteiger partial charge is 0.191 e. The van der Waals surface area contributed by atoms with Gasteiger partial charge in [0.2, 0.25) is 0 Å². The van der Waals surface area contributed by atoms with Gasteiger partial charge < -0.3 is 15.5 Å². The van der Waals surface area contributed by atoms with Gasteiger partial charge in [0.05, 0.1) is 5.69 Å². The van der Waals surface area contributed by atoms with Gasteiger partial charge in [0, 0.05) is 38.3 Å². The molecular formula is C15H22F2N4. The molecule has 21 heavy (non-hydrogen) atoms. The highest BCUT2D eigenvalue weighted by Crippen LogP contribution is 2.24. The number of hydrogen-bond donors (Lipinski definition) is 2. The van der Waals surface area contributed by atoms with Crippen LogP contribution in [-0.2, 0) is 0 Å². The van der Waals surface area contributed by atoms with Gasteiger partial charge in [-0.15, -0.1) is 0 Å². The SMILES string of the molecule is CCN=C(NCC)NC1CCN(c2ccc(F)cc2F)C1. The van der Waals surface area contributed by atoms with Crippen LogP contribution in [0.1, 0.15) is 20.3 Å². The molecular weight excluding hydrogens is 274 g/mol. The lowest BCUT2D eigenvalue weighted by molar-refractivity contribution is 0.580. The largest absolute Gasteiger partial charge is 0.367 e. The zero-order chi connectivity index (χ0) is 15.2. The van der Waals surface area contributed by atoms with Crippen LogP contribution in [0.15, 0.2) is 23.2 Å². The lowest BCUT2D eigenvalue weighted by atomic mass is 10.2. The maximum absolute atomic E-state index is 13.8. The molecule has 0 spiro atoms. The Balaban J connectivity index is 1.98. The summed E-state index contributed by atoms with van der Waals surface area (Å²) in [5.41, 5.74) is 0.457. The molecule has 1 heterocycles. The quantitative estimate of drug-likeness (QED) is 0.660. The van der Waals surface area contributed by atoms with Crippen LogP contribution >= 0.6 is 0 Å². The number of guanidine groups is 1. The summed E-state index contributed by atoms with van der Waals surface area (Å²) in [6.07, 6.45) is 0.894. The van der Waals surface area contributed by atoms with Crippen molar-refractivity contribution < 1.29 is 8.78 Å². The molecule has 0 aromatic heterocycles. The lowest BCUT2D eigenvalue weighted by Crippen LogP contribution is -2.44. The monoisotopic (exact) mass is 296 g/mol. The second-order valence-electron chi connectivity index (χ2n) is 5.02. The van der Waals surface area contributed by atoms with E-state index >= 15 is 0 Å². The first-order valence-electron chi connectivity index (χ1n) is 7.38. The fourth-order valence-electron chi connectivity index (χ4n) is 2.51. The highest BCUT2D eigenvalue weighted by atomic mass is 19.1. The summed E-state index contributed by atoms with van der Waals surface area (Å²) in [6.45, 7) is 6.92. The number of halogens is 2. The zero-order valence-electron chi connectivity index (χ0n) is 12.5. The maximum atomic E-state index is 13.8. The van der Waals surface area contributed by atoms with Crippen LogP contribution in [0.5, 0.6) is 0 Å². The topological polar surface area (TPSA) is 39.7 Å². The molecule has 6 heteroatoms. The minimum absolute atomic E-state index is 0.207. The van der Waals surface area contributed by atoms with Crippen molar-refractivity contribution in [3.63, 3.8) is 0 Å². The average Bonchev–Trinajstić information content (AvgIpc) is 2.87.